The van der Waals surface area contributed by atoms with Crippen LogP contribution in [0.3, 0.4) is 0 Å². The van der Waals surface area contributed by atoms with Gasteiger partial charge in [-0.15, -0.1) is 0 Å². The quantitative estimate of drug-likeness (QED) is 0.313. The van der Waals surface area contributed by atoms with E-state index in [0.29, 0.717) is 29.7 Å². The minimum absolute atomic E-state index is 0.311. The van der Waals surface area contributed by atoms with E-state index < -0.39 is 6.67 Å². The number of halogens is 2. The van der Waals surface area contributed by atoms with E-state index in [9.17, 15) is 4.39 Å². The minimum Gasteiger partial charge on any atom is -0.495 e. The van der Waals surface area contributed by atoms with E-state index in [2.05, 4.69) is 37.8 Å². The Morgan fingerprint density at radius 1 is 1.15 bits per heavy atom. The summed E-state index contributed by atoms with van der Waals surface area (Å²) in [4.78, 5) is 0. The maximum atomic E-state index is 12.9. The Hall–Kier alpha value is -1.54. The van der Waals surface area contributed by atoms with Gasteiger partial charge in [0.2, 0.25) is 0 Å². The van der Waals surface area contributed by atoms with E-state index in [0.717, 1.165) is 11.5 Å². The van der Waals surface area contributed by atoms with Crippen molar-refractivity contribution in [2.45, 2.75) is 58.3 Å². The molecule has 1 saturated carbocycles. The van der Waals surface area contributed by atoms with Gasteiger partial charge in [-0.05, 0) is 73.6 Å². The van der Waals surface area contributed by atoms with Crippen LogP contribution in [0.4, 0.5) is 4.39 Å². The van der Waals surface area contributed by atoms with Crippen LogP contribution in [0, 0.1) is 5.92 Å². The molecular weight excluding hydrogens is 359 g/mol. The first kappa shape index (κ1) is 21.8. The fourth-order valence-electron chi connectivity index (χ4n) is 3.79. The Morgan fingerprint density at radius 2 is 1.81 bits per heavy atom. The highest BCUT2D eigenvalue weighted by Gasteiger charge is 2.21. The van der Waals surface area contributed by atoms with Crippen molar-refractivity contribution in [2.24, 2.45) is 5.92 Å². The monoisotopic (exact) mass is 390 g/mol. The van der Waals surface area contributed by atoms with Crippen LogP contribution in [0.1, 0.15) is 63.0 Å². The summed E-state index contributed by atoms with van der Waals surface area (Å²) in [6, 6.07) is 8.86. The maximum Gasteiger partial charge on any atom is 0.146 e. The molecule has 0 amide bonds. The molecule has 0 bridgehead atoms. The molecule has 1 nitrogen and oxygen atoms in total. The number of ether oxygens (including phenoxy) is 1. The van der Waals surface area contributed by atoms with Gasteiger partial charge in [0.1, 0.15) is 12.4 Å². The normalized spacial score (nSPS) is 21.2. The summed E-state index contributed by atoms with van der Waals surface area (Å²) in [5, 5.41) is 0.475. The van der Waals surface area contributed by atoms with Crippen molar-refractivity contribution in [1.82, 2.24) is 0 Å². The van der Waals surface area contributed by atoms with Gasteiger partial charge in [0, 0.05) is 5.03 Å². The molecule has 148 valence electrons. The Bertz CT molecular complexity index is 651. The van der Waals surface area contributed by atoms with Crippen LogP contribution in [0.15, 0.2) is 59.4 Å². The molecule has 0 aliphatic heterocycles. The number of alkyl halides is 1. The van der Waals surface area contributed by atoms with Crippen LogP contribution in [0.25, 0.3) is 0 Å². The third-order valence-electron chi connectivity index (χ3n) is 5.55. The molecule has 2 rings (SSSR count). The van der Waals surface area contributed by atoms with Crippen LogP contribution in [-0.2, 0) is 11.2 Å². The smallest absolute Gasteiger partial charge is 0.146 e. The summed E-state index contributed by atoms with van der Waals surface area (Å²) in [6.45, 7) is 7.80. The highest BCUT2D eigenvalue weighted by molar-refractivity contribution is 6.31. The lowest BCUT2D eigenvalue weighted by Crippen LogP contribution is -2.12. The highest BCUT2D eigenvalue weighted by atomic mass is 35.5. The fraction of sp³-hybridized carbons (Fsp3) is 0.500. The first-order valence-electron chi connectivity index (χ1n) is 10.1. The Labute approximate surface area is 169 Å². The van der Waals surface area contributed by atoms with Gasteiger partial charge in [-0.3, -0.25) is 0 Å². The molecule has 3 heteroatoms. The van der Waals surface area contributed by atoms with Crippen molar-refractivity contribution >= 4 is 11.6 Å². The zero-order valence-corrected chi connectivity index (χ0v) is 17.4. The molecule has 0 aromatic heterocycles. The Balaban J connectivity index is 2.03. The van der Waals surface area contributed by atoms with Crippen molar-refractivity contribution in [3.63, 3.8) is 0 Å². The zero-order chi connectivity index (χ0) is 19.6. The lowest BCUT2D eigenvalue weighted by atomic mass is 9.78. The van der Waals surface area contributed by atoms with E-state index in [4.69, 9.17) is 16.3 Å². The molecule has 1 aliphatic carbocycles. The first-order valence-corrected chi connectivity index (χ1v) is 10.5. The van der Waals surface area contributed by atoms with E-state index in [1.165, 1.54) is 43.2 Å². The van der Waals surface area contributed by atoms with Gasteiger partial charge in [-0.1, -0.05) is 61.9 Å². The van der Waals surface area contributed by atoms with Gasteiger partial charge >= 0.3 is 0 Å². The molecule has 0 N–H and O–H groups in total. The second-order valence-corrected chi connectivity index (χ2v) is 7.80. The molecule has 1 fully saturated rings. The van der Waals surface area contributed by atoms with Crippen molar-refractivity contribution in [1.29, 1.82) is 0 Å². The van der Waals surface area contributed by atoms with Crippen LogP contribution in [0.2, 0.25) is 0 Å². The van der Waals surface area contributed by atoms with E-state index in [-0.39, 0.29) is 0 Å². The number of hydrogen-bond acceptors (Lipinski definition) is 1. The number of hydrogen-bond donors (Lipinski definition) is 0. The zero-order valence-electron chi connectivity index (χ0n) is 16.6. The highest BCUT2D eigenvalue weighted by Crippen LogP contribution is 2.37. The van der Waals surface area contributed by atoms with Gasteiger partial charge in [0.15, 0.2) is 0 Å². The van der Waals surface area contributed by atoms with E-state index >= 15 is 0 Å². The minimum atomic E-state index is -0.624. The topological polar surface area (TPSA) is 9.23 Å². The molecule has 27 heavy (non-hydrogen) atoms. The summed E-state index contributed by atoms with van der Waals surface area (Å²) in [5.74, 6) is 1.92. The molecule has 1 aliphatic rings. The summed E-state index contributed by atoms with van der Waals surface area (Å²) < 4.78 is 18.2. The fourth-order valence-corrected chi connectivity index (χ4v) is 3.92. The number of rotatable bonds is 9. The second kappa shape index (κ2) is 11.3. The van der Waals surface area contributed by atoms with Crippen LogP contribution < -0.4 is 0 Å². The predicted molar refractivity (Wildman–Crippen MR) is 114 cm³/mol. The molecular formula is C24H32ClFO. The van der Waals surface area contributed by atoms with Crippen LogP contribution >= 0.6 is 11.6 Å². The Kier molecular flexibility index (Phi) is 9.14. The lowest BCUT2D eigenvalue weighted by Gasteiger charge is -2.28. The second-order valence-electron chi connectivity index (χ2n) is 7.34. The summed E-state index contributed by atoms with van der Waals surface area (Å²) >= 11 is 6.15. The average molecular weight is 391 g/mol. The lowest BCUT2D eigenvalue weighted by molar-refractivity contribution is 0.204. The third kappa shape index (κ3) is 6.84. The van der Waals surface area contributed by atoms with Gasteiger partial charge in [0.05, 0.1) is 6.61 Å². The summed E-state index contributed by atoms with van der Waals surface area (Å²) in [5.41, 5.74) is 3.50. The Morgan fingerprint density at radius 3 is 2.33 bits per heavy atom. The third-order valence-corrected chi connectivity index (χ3v) is 5.79. The van der Waals surface area contributed by atoms with Crippen molar-refractivity contribution < 1.29 is 9.13 Å². The largest absolute Gasteiger partial charge is 0.495 e. The number of allylic oxidation sites excluding steroid dienone is 5. The van der Waals surface area contributed by atoms with E-state index in [1.54, 1.807) is 12.2 Å². The SMILES string of the molecule is C=C(Cl)/C(=C\C=C(/CF)OCC)Cc1ccc(C2CCC(CC)CC2)cc1. The molecule has 0 spiro atoms. The number of benzene rings is 1. The van der Waals surface area contributed by atoms with Gasteiger partial charge in [-0.25, -0.2) is 4.39 Å². The molecule has 0 atom stereocenters. The average Bonchev–Trinajstić information content (AvgIpc) is 2.70. The van der Waals surface area contributed by atoms with Crippen molar-refractivity contribution in [2.75, 3.05) is 13.3 Å². The molecule has 0 heterocycles. The molecule has 1 aromatic rings. The summed E-state index contributed by atoms with van der Waals surface area (Å²) in [6.07, 6.45) is 10.7. The molecule has 0 saturated heterocycles. The van der Waals surface area contributed by atoms with E-state index in [1.807, 2.05) is 6.92 Å². The van der Waals surface area contributed by atoms with Crippen molar-refractivity contribution in [3.05, 3.63) is 70.5 Å². The molecule has 0 radical (unpaired) electrons. The predicted octanol–water partition coefficient (Wildman–Crippen LogP) is 7.48. The first-order chi connectivity index (χ1) is 13.1. The van der Waals surface area contributed by atoms with Gasteiger partial charge in [-0.2, -0.15) is 0 Å². The van der Waals surface area contributed by atoms with Crippen LogP contribution in [0.5, 0.6) is 0 Å². The van der Waals surface area contributed by atoms with Crippen molar-refractivity contribution in [3.8, 4) is 0 Å². The standard InChI is InChI=1S/C24H32ClFO/c1-4-19-6-10-21(11-7-19)22-12-8-20(9-13-22)16-23(18(3)25)14-15-24(17-26)27-5-2/h8-9,12-15,19,21H,3-7,10-11,16-17H2,1-2H3/b23-14-,24-15+. The van der Waals surface area contributed by atoms with Crippen LogP contribution in [-0.4, -0.2) is 13.3 Å². The van der Waals surface area contributed by atoms with Gasteiger partial charge < -0.3 is 4.74 Å². The van der Waals surface area contributed by atoms with Gasteiger partial charge in [0.25, 0.3) is 0 Å². The maximum absolute atomic E-state index is 12.9. The molecule has 0 unspecified atom stereocenters. The molecule has 1 aromatic carbocycles. The summed E-state index contributed by atoms with van der Waals surface area (Å²) in [7, 11) is 0.